The van der Waals surface area contributed by atoms with E-state index < -0.39 is 0 Å². The molecule has 0 aromatic rings. The Morgan fingerprint density at radius 2 is 2.06 bits per heavy atom. The van der Waals surface area contributed by atoms with Crippen LogP contribution in [0.2, 0.25) is 0 Å². The highest BCUT2D eigenvalue weighted by atomic mass is 16.5. The Morgan fingerprint density at radius 3 is 2.56 bits per heavy atom. The van der Waals surface area contributed by atoms with E-state index in [0.29, 0.717) is 19.1 Å². The second kappa shape index (κ2) is 9.60. The van der Waals surface area contributed by atoms with Crippen LogP contribution in [0.4, 0.5) is 0 Å². The van der Waals surface area contributed by atoms with Crippen LogP contribution in [0.1, 0.15) is 33.6 Å². The molecule has 0 rings (SSSR count). The Balaban J connectivity index is 3.68. The Kier molecular flexibility index (Phi) is 9.24. The molecule has 1 atom stereocenters. The Bertz CT molecular complexity index is 178. The molecule has 16 heavy (non-hydrogen) atoms. The third-order valence-corrected chi connectivity index (χ3v) is 2.26. The van der Waals surface area contributed by atoms with E-state index in [9.17, 15) is 4.79 Å². The molecule has 1 unspecified atom stereocenters. The summed E-state index contributed by atoms with van der Waals surface area (Å²) < 4.78 is 5.09. The maximum Gasteiger partial charge on any atom is 0.233 e. The maximum atomic E-state index is 11.4. The zero-order chi connectivity index (χ0) is 12.4. The minimum Gasteiger partial charge on any atom is -0.383 e. The highest BCUT2D eigenvalue weighted by Gasteiger charge is 2.09. The fourth-order valence-corrected chi connectivity index (χ4v) is 1.41. The number of nitrogens with one attached hydrogen (secondary N) is 2. The Hall–Kier alpha value is -0.610. The highest BCUT2D eigenvalue weighted by molar-refractivity contribution is 5.77. The summed E-state index contributed by atoms with van der Waals surface area (Å²) in [6.07, 6.45) is 2.12. The maximum absolute atomic E-state index is 11.4. The number of rotatable bonds is 9. The van der Waals surface area contributed by atoms with E-state index in [1.807, 2.05) is 0 Å². The Labute approximate surface area is 99.1 Å². The molecule has 0 aromatic carbocycles. The van der Waals surface area contributed by atoms with Crippen LogP contribution in [0.3, 0.4) is 0 Å². The first-order valence-corrected chi connectivity index (χ1v) is 6.09. The molecule has 0 heterocycles. The van der Waals surface area contributed by atoms with Crippen molar-refractivity contribution in [2.75, 3.05) is 26.8 Å². The van der Waals surface area contributed by atoms with Gasteiger partial charge in [0.15, 0.2) is 0 Å². The molecule has 0 fully saturated rings. The largest absolute Gasteiger partial charge is 0.383 e. The SMILES string of the molecule is CCCC(COC)NCC(=O)NCC(C)C. The zero-order valence-corrected chi connectivity index (χ0v) is 11.0. The van der Waals surface area contributed by atoms with Gasteiger partial charge in [-0.25, -0.2) is 0 Å². The van der Waals surface area contributed by atoms with E-state index in [2.05, 4.69) is 31.4 Å². The van der Waals surface area contributed by atoms with Crippen molar-refractivity contribution in [3.8, 4) is 0 Å². The van der Waals surface area contributed by atoms with E-state index in [1.165, 1.54) is 0 Å². The van der Waals surface area contributed by atoms with Crippen LogP contribution in [0, 0.1) is 5.92 Å². The van der Waals surface area contributed by atoms with Crippen molar-refractivity contribution >= 4 is 5.91 Å². The van der Waals surface area contributed by atoms with Gasteiger partial charge in [-0.2, -0.15) is 0 Å². The number of ether oxygens (including phenoxy) is 1. The van der Waals surface area contributed by atoms with Gasteiger partial charge in [-0.05, 0) is 12.3 Å². The van der Waals surface area contributed by atoms with E-state index >= 15 is 0 Å². The lowest BCUT2D eigenvalue weighted by molar-refractivity contribution is -0.120. The van der Waals surface area contributed by atoms with Gasteiger partial charge in [0, 0.05) is 19.7 Å². The fraction of sp³-hybridized carbons (Fsp3) is 0.917. The first-order chi connectivity index (χ1) is 7.60. The van der Waals surface area contributed by atoms with Crippen LogP contribution in [-0.2, 0) is 9.53 Å². The molecular formula is C12H26N2O2. The van der Waals surface area contributed by atoms with Crippen molar-refractivity contribution < 1.29 is 9.53 Å². The average Bonchev–Trinajstić information content (AvgIpc) is 2.23. The topological polar surface area (TPSA) is 50.4 Å². The van der Waals surface area contributed by atoms with Gasteiger partial charge in [-0.3, -0.25) is 4.79 Å². The van der Waals surface area contributed by atoms with Crippen LogP contribution >= 0.6 is 0 Å². The second-order valence-electron chi connectivity index (χ2n) is 4.52. The van der Waals surface area contributed by atoms with Crippen molar-refractivity contribution in [1.82, 2.24) is 10.6 Å². The summed E-state index contributed by atoms with van der Waals surface area (Å²) >= 11 is 0. The quantitative estimate of drug-likeness (QED) is 0.625. The molecule has 0 bridgehead atoms. The highest BCUT2D eigenvalue weighted by Crippen LogP contribution is 1.96. The van der Waals surface area contributed by atoms with Gasteiger partial charge >= 0.3 is 0 Å². The van der Waals surface area contributed by atoms with Crippen molar-refractivity contribution in [1.29, 1.82) is 0 Å². The van der Waals surface area contributed by atoms with Gasteiger partial charge in [0.25, 0.3) is 0 Å². The minimum absolute atomic E-state index is 0.0610. The van der Waals surface area contributed by atoms with Crippen LogP contribution in [0.15, 0.2) is 0 Å². The van der Waals surface area contributed by atoms with E-state index in [-0.39, 0.29) is 11.9 Å². The van der Waals surface area contributed by atoms with Gasteiger partial charge < -0.3 is 15.4 Å². The molecule has 0 saturated carbocycles. The van der Waals surface area contributed by atoms with Gasteiger partial charge in [0.2, 0.25) is 5.91 Å². The van der Waals surface area contributed by atoms with Crippen LogP contribution in [0.25, 0.3) is 0 Å². The normalized spacial score (nSPS) is 12.8. The molecule has 0 spiro atoms. The standard InChI is InChI=1S/C12H26N2O2/c1-5-6-11(9-16-4)13-8-12(15)14-7-10(2)3/h10-11,13H,5-9H2,1-4H3,(H,14,15). The number of hydrogen-bond acceptors (Lipinski definition) is 3. The minimum atomic E-state index is 0.0610. The molecule has 0 aliphatic carbocycles. The van der Waals surface area contributed by atoms with E-state index in [0.717, 1.165) is 19.4 Å². The first kappa shape index (κ1) is 15.4. The Morgan fingerprint density at radius 1 is 1.38 bits per heavy atom. The summed E-state index contributed by atoms with van der Waals surface area (Å²) in [5, 5.41) is 6.09. The van der Waals surface area contributed by atoms with Gasteiger partial charge in [-0.1, -0.05) is 27.2 Å². The summed E-state index contributed by atoms with van der Waals surface area (Å²) in [4.78, 5) is 11.4. The predicted molar refractivity (Wildman–Crippen MR) is 66.4 cm³/mol. The summed E-state index contributed by atoms with van der Waals surface area (Å²) in [7, 11) is 1.68. The molecule has 0 aliphatic rings. The van der Waals surface area contributed by atoms with Crippen molar-refractivity contribution in [2.45, 2.75) is 39.7 Å². The van der Waals surface area contributed by atoms with E-state index in [1.54, 1.807) is 7.11 Å². The summed E-state index contributed by atoms with van der Waals surface area (Å²) in [6.45, 7) is 8.06. The van der Waals surface area contributed by atoms with Crippen LogP contribution < -0.4 is 10.6 Å². The smallest absolute Gasteiger partial charge is 0.233 e. The monoisotopic (exact) mass is 230 g/mol. The number of amides is 1. The lowest BCUT2D eigenvalue weighted by Gasteiger charge is -2.17. The molecule has 0 saturated heterocycles. The van der Waals surface area contributed by atoms with Gasteiger partial charge in [-0.15, -0.1) is 0 Å². The van der Waals surface area contributed by atoms with Crippen molar-refractivity contribution in [3.63, 3.8) is 0 Å². The first-order valence-electron chi connectivity index (χ1n) is 6.09. The van der Waals surface area contributed by atoms with E-state index in [4.69, 9.17) is 4.74 Å². The lowest BCUT2D eigenvalue weighted by Crippen LogP contribution is -2.41. The molecule has 0 radical (unpaired) electrons. The molecule has 4 heteroatoms. The molecule has 2 N–H and O–H groups in total. The summed E-state index contributed by atoms with van der Waals surface area (Å²) in [6, 6.07) is 0.278. The number of hydrogen-bond donors (Lipinski definition) is 2. The fourth-order valence-electron chi connectivity index (χ4n) is 1.41. The number of carbonyl (C=O) groups is 1. The summed E-state index contributed by atoms with van der Waals surface area (Å²) in [5.41, 5.74) is 0. The van der Waals surface area contributed by atoms with Gasteiger partial charge in [0.05, 0.1) is 13.2 Å². The molecule has 4 nitrogen and oxygen atoms in total. The third kappa shape index (κ3) is 8.68. The molecule has 96 valence electrons. The van der Waals surface area contributed by atoms with Crippen molar-refractivity contribution in [2.24, 2.45) is 5.92 Å². The molecular weight excluding hydrogens is 204 g/mol. The third-order valence-electron chi connectivity index (χ3n) is 2.26. The molecule has 0 aromatic heterocycles. The number of carbonyl (C=O) groups excluding carboxylic acids is 1. The predicted octanol–water partition coefficient (Wildman–Crippen LogP) is 1.16. The van der Waals surface area contributed by atoms with Gasteiger partial charge in [0.1, 0.15) is 0 Å². The molecule has 0 aliphatic heterocycles. The van der Waals surface area contributed by atoms with Crippen LogP contribution in [-0.4, -0.2) is 38.8 Å². The lowest BCUT2D eigenvalue weighted by atomic mass is 10.2. The summed E-state index contributed by atoms with van der Waals surface area (Å²) in [5.74, 6) is 0.556. The molecule has 1 amide bonds. The number of methoxy groups -OCH3 is 1. The van der Waals surface area contributed by atoms with Crippen molar-refractivity contribution in [3.05, 3.63) is 0 Å². The second-order valence-corrected chi connectivity index (χ2v) is 4.52. The van der Waals surface area contributed by atoms with Crippen LogP contribution in [0.5, 0.6) is 0 Å². The zero-order valence-electron chi connectivity index (χ0n) is 11.0. The average molecular weight is 230 g/mol.